The van der Waals surface area contributed by atoms with Crippen LogP contribution >= 0.6 is 0 Å². The van der Waals surface area contributed by atoms with Crippen molar-refractivity contribution in [2.45, 2.75) is 44.7 Å². The molecule has 0 heterocycles. The Hall–Kier alpha value is -1.55. The van der Waals surface area contributed by atoms with Crippen molar-refractivity contribution in [1.29, 1.82) is 0 Å². The van der Waals surface area contributed by atoms with Gasteiger partial charge < -0.3 is 15.7 Å². The molecule has 1 aromatic carbocycles. The second-order valence-corrected chi connectivity index (χ2v) is 5.70. The van der Waals surface area contributed by atoms with E-state index in [0.717, 1.165) is 12.0 Å². The number of aliphatic hydroxyl groups excluding tert-OH is 1. The van der Waals surface area contributed by atoms with Gasteiger partial charge in [0.1, 0.15) is 0 Å². The van der Waals surface area contributed by atoms with Gasteiger partial charge in [0.25, 0.3) is 0 Å². The van der Waals surface area contributed by atoms with E-state index < -0.39 is 0 Å². The highest BCUT2D eigenvalue weighted by Gasteiger charge is 2.25. The Labute approximate surface area is 120 Å². The maximum absolute atomic E-state index is 12.0. The van der Waals surface area contributed by atoms with Crippen molar-refractivity contribution in [3.05, 3.63) is 35.9 Å². The molecule has 1 saturated carbocycles. The molecule has 20 heavy (non-hydrogen) atoms. The van der Waals surface area contributed by atoms with Crippen LogP contribution < -0.4 is 10.6 Å². The average molecular weight is 276 g/mol. The van der Waals surface area contributed by atoms with Crippen LogP contribution in [0.5, 0.6) is 0 Å². The lowest BCUT2D eigenvalue weighted by molar-refractivity contribution is 0.211. The lowest BCUT2D eigenvalue weighted by Gasteiger charge is -2.21. The summed E-state index contributed by atoms with van der Waals surface area (Å²) in [5, 5.41) is 15.3. The van der Waals surface area contributed by atoms with Crippen LogP contribution in [0.25, 0.3) is 0 Å². The molecule has 1 aliphatic rings. The zero-order valence-electron chi connectivity index (χ0n) is 12.0. The van der Waals surface area contributed by atoms with Crippen LogP contribution in [0.2, 0.25) is 0 Å². The molecule has 0 bridgehead atoms. The second kappa shape index (κ2) is 7.29. The number of benzene rings is 1. The van der Waals surface area contributed by atoms with Gasteiger partial charge in [0.05, 0.1) is 12.6 Å². The van der Waals surface area contributed by atoms with Crippen LogP contribution in [0, 0.1) is 5.92 Å². The third-order valence-corrected chi connectivity index (χ3v) is 4.06. The van der Waals surface area contributed by atoms with Crippen molar-refractivity contribution in [2.24, 2.45) is 5.92 Å². The molecule has 4 nitrogen and oxygen atoms in total. The highest BCUT2D eigenvalue weighted by molar-refractivity contribution is 5.74. The van der Waals surface area contributed by atoms with Gasteiger partial charge in [-0.05, 0) is 30.7 Å². The molecule has 4 heteroatoms. The van der Waals surface area contributed by atoms with Crippen molar-refractivity contribution in [1.82, 2.24) is 10.6 Å². The van der Waals surface area contributed by atoms with Crippen LogP contribution in [0.15, 0.2) is 30.3 Å². The van der Waals surface area contributed by atoms with E-state index in [1.54, 1.807) is 0 Å². The first-order chi connectivity index (χ1) is 9.69. The topological polar surface area (TPSA) is 61.4 Å². The van der Waals surface area contributed by atoms with Crippen molar-refractivity contribution in [3.8, 4) is 0 Å². The minimum absolute atomic E-state index is 0.0530. The summed E-state index contributed by atoms with van der Waals surface area (Å²) >= 11 is 0. The van der Waals surface area contributed by atoms with Gasteiger partial charge in [0.15, 0.2) is 0 Å². The Morgan fingerprint density at radius 2 is 2.10 bits per heavy atom. The molecule has 1 aliphatic carbocycles. The predicted octanol–water partition coefficient (Wildman–Crippen LogP) is 2.08. The molecule has 0 spiro atoms. The van der Waals surface area contributed by atoms with Crippen LogP contribution in [0.1, 0.15) is 31.7 Å². The van der Waals surface area contributed by atoms with Crippen LogP contribution in [0.4, 0.5) is 4.79 Å². The first-order valence-corrected chi connectivity index (χ1v) is 7.41. The van der Waals surface area contributed by atoms with Crippen molar-refractivity contribution in [2.75, 3.05) is 6.61 Å². The van der Waals surface area contributed by atoms with Crippen molar-refractivity contribution in [3.63, 3.8) is 0 Å². The fourth-order valence-electron chi connectivity index (χ4n) is 2.82. The van der Waals surface area contributed by atoms with Crippen molar-refractivity contribution >= 4 is 6.03 Å². The number of aliphatic hydroxyl groups is 1. The highest BCUT2D eigenvalue weighted by Crippen LogP contribution is 2.24. The van der Waals surface area contributed by atoms with E-state index in [1.165, 1.54) is 12.8 Å². The van der Waals surface area contributed by atoms with Gasteiger partial charge in [-0.2, -0.15) is 0 Å². The SMILES string of the molecule is C[C@@H]1CCC[C@@H]1NC(=O)N[C@H](CO)Cc1ccccc1. The summed E-state index contributed by atoms with van der Waals surface area (Å²) in [4.78, 5) is 12.0. The molecule has 110 valence electrons. The molecule has 0 aliphatic heterocycles. The molecule has 0 aromatic heterocycles. The number of nitrogens with one attached hydrogen (secondary N) is 2. The van der Waals surface area contributed by atoms with E-state index in [-0.39, 0.29) is 24.7 Å². The van der Waals surface area contributed by atoms with E-state index in [4.69, 9.17) is 0 Å². The summed E-state index contributed by atoms with van der Waals surface area (Å²) in [5.74, 6) is 0.544. The third-order valence-electron chi connectivity index (χ3n) is 4.06. The van der Waals surface area contributed by atoms with Gasteiger partial charge in [-0.25, -0.2) is 4.79 Å². The number of hydrogen-bond donors (Lipinski definition) is 3. The summed E-state index contributed by atoms with van der Waals surface area (Å²) in [5.41, 5.74) is 1.11. The van der Waals surface area contributed by atoms with E-state index in [1.807, 2.05) is 30.3 Å². The fourth-order valence-corrected chi connectivity index (χ4v) is 2.82. The van der Waals surface area contributed by atoms with Gasteiger partial charge in [0, 0.05) is 6.04 Å². The maximum Gasteiger partial charge on any atom is 0.315 e. The molecule has 2 rings (SSSR count). The van der Waals surface area contributed by atoms with Crippen LogP contribution in [-0.4, -0.2) is 29.8 Å². The average Bonchev–Trinajstić information content (AvgIpc) is 2.84. The minimum Gasteiger partial charge on any atom is -0.394 e. The van der Waals surface area contributed by atoms with E-state index in [9.17, 15) is 9.90 Å². The Morgan fingerprint density at radius 3 is 2.70 bits per heavy atom. The van der Waals surface area contributed by atoms with Crippen LogP contribution in [-0.2, 0) is 6.42 Å². The second-order valence-electron chi connectivity index (χ2n) is 5.70. The largest absolute Gasteiger partial charge is 0.394 e. The Bertz CT molecular complexity index is 422. The van der Waals surface area contributed by atoms with E-state index in [0.29, 0.717) is 12.3 Å². The summed E-state index contributed by atoms with van der Waals surface area (Å²) in [6.45, 7) is 2.12. The summed E-state index contributed by atoms with van der Waals surface area (Å²) in [6, 6.07) is 9.74. The molecule has 3 atom stereocenters. The molecule has 0 saturated heterocycles. The lowest BCUT2D eigenvalue weighted by atomic mass is 10.1. The number of amides is 2. The molecule has 0 unspecified atom stereocenters. The highest BCUT2D eigenvalue weighted by atomic mass is 16.3. The smallest absolute Gasteiger partial charge is 0.315 e. The molecular weight excluding hydrogens is 252 g/mol. The Kier molecular flexibility index (Phi) is 5.41. The summed E-state index contributed by atoms with van der Waals surface area (Å²) < 4.78 is 0. The zero-order valence-corrected chi connectivity index (χ0v) is 12.0. The molecule has 1 aromatic rings. The molecule has 3 N–H and O–H groups in total. The quantitative estimate of drug-likeness (QED) is 0.771. The van der Waals surface area contributed by atoms with Gasteiger partial charge in [-0.15, -0.1) is 0 Å². The standard InChI is InChI=1S/C16H24N2O2/c1-12-6-5-9-15(12)18-16(20)17-14(11-19)10-13-7-3-2-4-8-13/h2-4,7-8,12,14-15,19H,5-6,9-11H2,1H3,(H2,17,18,20)/t12-,14+,15+/m1/s1. The first kappa shape index (κ1) is 14.9. The Morgan fingerprint density at radius 1 is 1.35 bits per heavy atom. The summed E-state index contributed by atoms with van der Waals surface area (Å²) in [6.07, 6.45) is 4.06. The monoisotopic (exact) mass is 276 g/mol. The van der Waals surface area contributed by atoms with Gasteiger partial charge in [0.2, 0.25) is 0 Å². The minimum atomic E-state index is -0.242. The molecule has 2 amide bonds. The number of carbonyl (C=O) groups is 1. The third kappa shape index (κ3) is 4.23. The molecule has 0 radical (unpaired) electrons. The van der Waals surface area contributed by atoms with Gasteiger partial charge in [-0.3, -0.25) is 0 Å². The molecular formula is C16H24N2O2. The van der Waals surface area contributed by atoms with Crippen molar-refractivity contribution < 1.29 is 9.90 Å². The molecule has 1 fully saturated rings. The lowest BCUT2D eigenvalue weighted by Crippen LogP contribution is -2.48. The summed E-state index contributed by atoms with van der Waals surface area (Å²) in [7, 11) is 0. The number of urea groups is 1. The Balaban J connectivity index is 1.81. The van der Waals surface area contributed by atoms with E-state index in [2.05, 4.69) is 17.6 Å². The van der Waals surface area contributed by atoms with Gasteiger partial charge >= 0.3 is 6.03 Å². The number of carbonyl (C=O) groups excluding carboxylic acids is 1. The first-order valence-electron chi connectivity index (χ1n) is 7.41. The van der Waals surface area contributed by atoms with Gasteiger partial charge in [-0.1, -0.05) is 43.7 Å². The van der Waals surface area contributed by atoms with E-state index >= 15 is 0 Å². The number of hydrogen-bond acceptors (Lipinski definition) is 2. The predicted molar refractivity (Wildman–Crippen MR) is 79.5 cm³/mol. The van der Waals surface area contributed by atoms with Crippen LogP contribution in [0.3, 0.4) is 0 Å². The number of rotatable bonds is 5. The fraction of sp³-hybridized carbons (Fsp3) is 0.562. The normalized spacial score (nSPS) is 23.3. The maximum atomic E-state index is 12.0. The zero-order chi connectivity index (χ0) is 14.4.